The van der Waals surface area contributed by atoms with E-state index in [1.54, 1.807) is 7.11 Å². The van der Waals surface area contributed by atoms with Crippen LogP contribution in [0.5, 0.6) is 0 Å². The van der Waals surface area contributed by atoms with Crippen LogP contribution in [0.3, 0.4) is 0 Å². The van der Waals surface area contributed by atoms with Crippen molar-refractivity contribution in [3.05, 3.63) is 0 Å². The predicted octanol–water partition coefficient (Wildman–Crippen LogP) is 0.886. The van der Waals surface area contributed by atoms with Crippen molar-refractivity contribution in [3.8, 4) is 0 Å². The van der Waals surface area contributed by atoms with E-state index in [1.807, 2.05) is 0 Å². The number of hydrogen-bond donors (Lipinski definition) is 0. The molecule has 2 atom stereocenters. The van der Waals surface area contributed by atoms with Gasteiger partial charge in [0.2, 0.25) is 0 Å². The first kappa shape index (κ1) is 9.44. The average Bonchev–Trinajstić information content (AvgIpc) is 2.46. The molecule has 2 aliphatic heterocycles. The molecule has 2 saturated heterocycles. The van der Waals surface area contributed by atoms with Crippen molar-refractivity contribution >= 4 is 0 Å². The van der Waals surface area contributed by atoms with Crippen molar-refractivity contribution in [1.82, 2.24) is 4.90 Å². The number of rotatable bonds is 4. The van der Waals surface area contributed by atoms with Gasteiger partial charge in [-0.25, -0.2) is 0 Å². The lowest BCUT2D eigenvalue weighted by Crippen LogP contribution is -2.43. The van der Waals surface area contributed by atoms with Gasteiger partial charge in [0, 0.05) is 33.4 Å². The van der Waals surface area contributed by atoms with E-state index in [0.717, 1.165) is 26.1 Å². The summed E-state index contributed by atoms with van der Waals surface area (Å²) in [5, 5.41) is 0. The van der Waals surface area contributed by atoms with Crippen LogP contribution in [0.4, 0.5) is 0 Å². The smallest absolute Gasteiger partial charge is 0.0707 e. The molecular formula is C10H19NO2. The average molecular weight is 185 g/mol. The maximum atomic E-state index is 5.76. The summed E-state index contributed by atoms with van der Waals surface area (Å²) in [6.07, 6.45) is 4.75. The molecule has 2 heterocycles. The molecule has 2 bridgehead atoms. The largest absolute Gasteiger partial charge is 0.385 e. The molecule has 0 aliphatic carbocycles. The second kappa shape index (κ2) is 4.40. The van der Waals surface area contributed by atoms with Gasteiger partial charge >= 0.3 is 0 Å². The van der Waals surface area contributed by atoms with E-state index in [1.165, 1.54) is 19.4 Å². The van der Waals surface area contributed by atoms with Gasteiger partial charge in [0.1, 0.15) is 0 Å². The molecule has 0 amide bonds. The molecular weight excluding hydrogens is 166 g/mol. The van der Waals surface area contributed by atoms with Gasteiger partial charge in [-0.05, 0) is 19.3 Å². The molecule has 3 heteroatoms. The molecule has 2 fully saturated rings. The fourth-order valence-corrected chi connectivity index (χ4v) is 2.31. The molecule has 2 unspecified atom stereocenters. The summed E-state index contributed by atoms with van der Waals surface area (Å²) in [7, 11) is 1.77. The van der Waals surface area contributed by atoms with Crippen molar-refractivity contribution in [1.29, 1.82) is 0 Å². The second-order valence-electron chi connectivity index (χ2n) is 4.06. The fourth-order valence-electron chi connectivity index (χ4n) is 2.31. The van der Waals surface area contributed by atoms with Crippen LogP contribution in [-0.2, 0) is 9.47 Å². The molecule has 3 nitrogen and oxygen atoms in total. The van der Waals surface area contributed by atoms with Crippen LogP contribution in [0.2, 0.25) is 0 Å². The zero-order valence-electron chi connectivity index (χ0n) is 8.37. The van der Waals surface area contributed by atoms with Gasteiger partial charge in [0.15, 0.2) is 0 Å². The lowest BCUT2D eigenvalue weighted by atomic mass is 10.2. The third-order valence-electron chi connectivity index (χ3n) is 2.94. The first-order valence-electron chi connectivity index (χ1n) is 5.25. The van der Waals surface area contributed by atoms with Gasteiger partial charge in [-0.1, -0.05) is 0 Å². The molecule has 0 aromatic rings. The zero-order valence-corrected chi connectivity index (χ0v) is 8.37. The highest BCUT2D eigenvalue weighted by atomic mass is 16.5. The Labute approximate surface area is 80.0 Å². The summed E-state index contributed by atoms with van der Waals surface area (Å²) in [5.41, 5.74) is 0. The number of morpholine rings is 1. The molecule has 0 spiro atoms. The summed E-state index contributed by atoms with van der Waals surface area (Å²) in [5.74, 6) is 0. The van der Waals surface area contributed by atoms with Crippen molar-refractivity contribution in [2.24, 2.45) is 0 Å². The monoisotopic (exact) mass is 185 g/mol. The number of hydrogen-bond acceptors (Lipinski definition) is 3. The Kier molecular flexibility index (Phi) is 3.19. The van der Waals surface area contributed by atoms with E-state index >= 15 is 0 Å². The highest BCUT2D eigenvalue weighted by Crippen LogP contribution is 2.25. The van der Waals surface area contributed by atoms with Gasteiger partial charge < -0.3 is 9.47 Å². The Hall–Kier alpha value is -0.120. The zero-order chi connectivity index (χ0) is 9.10. The summed E-state index contributed by atoms with van der Waals surface area (Å²) < 4.78 is 10.8. The first-order valence-corrected chi connectivity index (χ1v) is 5.25. The van der Waals surface area contributed by atoms with Gasteiger partial charge in [-0.15, -0.1) is 0 Å². The lowest BCUT2D eigenvalue weighted by molar-refractivity contribution is -0.0397. The Bertz CT molecular complexity index is 151. The standard InChI is InChI=1S/C10H19NO2/c1-12-6-2-5-11-7-9-3-4-10(8-11)13-9/h9-10H,2-8H2,1H3. The second-order valence-corrected chi connectivity index (χ2v) is 4.06. The van der Waals surface area contributed by atoms with E-state index in [-0.39, 0.29) is 0 Å². The third kappa shape index (κ3) is 2.42. The Morgan fingerprint density at radius 3 is 2.62 bits per heavy atom. The molecule has 0 radical (unpaired) electrons. The van der Waals surface area contributed by atoms with Gasteiger partial charge in [-0.2, -0.15) is 0 Å². The molecule has 0 aromatic heterocycles. The highest BCUT2D eigenvalue weighted by molar-refractivity contribution is 4.84. The Morgan fingerprint density at radius 2 is 2.00 bits per heavy atom. The minimum absolute atomic E-state index is 0.529. The fraction of sp³-hybridized carbons (Fsp3) is 1.00. The normalized spacial score (nSPS) is 33.9. The van der Waals surface area contributed by atoms with Crippen LogP contribution < -0.4 is 0 Å². The minimum Gasteiger partial charge on any atom is -0.385 e. The molecule has 0 saturated carbocycles. The van der Waals surface area contributed by atoms with Crippen LogP contribution in [0.15, 0.2) is 0 Å². The minimum atomic E-state index is 0.529. The summed E-state index contributed by atoms with van der Waals surface area (Å²) >= 11 is 0. The summed E-state index contributed by atoms with van der Waals surface area (Å²) in [4.78, 5) is 2.52. The number of nitrogens with zero attached hydrogens (tertiary/aromatic N) is 1. The van der Waals surface area contributed by atoms with Crippen LogP contribution >= 0.6 is 0 Å². The lowest BCUT2D eigenvalue weighted by Gasteiger charge is -2.31. The SMILES string of the molecule is COCCCN1CC2CCC(C1)O2. The molecule has 2 rings (SSSR count). The molecule has 0 N–H and O–H groups in total. The maximum Gasteiger partial charge on any atom is 0.0707 e. The van der Waals surface area contributed by atoms with E-state index in [4.69, 9.17) is 9.47 Å². The molecule has 13 heavy (non-hydrogen) atoms. The third-order valence-corrected chi connectivity index (χ3v) is 2.94. The Balaban J connectivity index is 1.69. The van der Waals surface area contributed by atoms with Crippen LogP contribution in [0, 0.1) is 0 Å². The number of fused-ring (bicyclic) bond motifs is 2. The van der Waals surface area contributed by atoms with E-state index in [9.17, 15) is 0 Å². The summed E-state index contributed by atoms with van der Waals surface area (Å²) in [6.45, 7) is 4.33. The highest BCUT2D eigenvalue weighted by Gasteiger charge is 2.32. The van der Waals surface area contributed by atoms with E-state index in [0.29, 0.717) is 12.2 Å². The van der Waals surface area contributed by atoms with Gasteiger partial charge in [0.05, 0.1) is 12.2 Å². The van der Waals surface area contributed by atoms with E-state index < -0.39 is 0 Å². The van der Waals surface area contributed by atoms with Gasteiger partial charge in [-0.3, -0.25) is 4.90 Å². The predicted molar refractivity (Wildman–Crippen MR) is 50.8 cm³/mol. The van der Waals surface area contributed by atoms with Crippen molar-refractivity contribution < 1.29 is 9.47 Å². The molecule has 0 aromatic carbocycles. The Morgan fingerprint density at radius 1 is 1.31 bits per heavy atom. The van der Waals surface area contributed by atoms with Crippen molar-refractivity contribution in [2.75, 3.05) is 33.4 Å². The first-order chi connectivity index (χ1) is 6.38. The molecule has 2 aliphatic rings. The number of likely N-dealkylation sites (tertiary alicyclic amines) is 1. The van der Waals surface area contributed by atoms with Crippen LogP contribution in [-0.4, -0.2) is 50.5 Å². The number of ether oxygens (including phenoxy) is 2. The quantitative estimate of drug-likeness (QED) is 0.607. The summed E-state index contributed by atoms with van der Waals surface area (Å²) in [6, 6.07) is 0. The topological polar surface area (TPSA) is 21.7 Å². The van der Waals surface area contributed by atoms with Crippen LogP contribution in [0.25, 0.3) is 0 Å². The van der Waals surface area contributed by atoms with Crippen molar-refractivity contribution in [2.45, 2.75) is 31.5 Å². The van der Waals surface area contributed by atoms with Crippen LogP contribution in [0.1, 0.15) is 19.3 Å². The molecule has 76 valence electrons. The van der Waals surface area contributed by atoms with Gasteiger partial charge in [0.25, 0.3) is 0 Å². The van der Waals surface area contributed by atoms with E-state index in [2.05, 4.69) is 4.90 Å². The maximum absolute atomic E-state index is 5.76. The number of methoxy groups -OCH3 is 1. The van der Waals surface area contributed by atoms with Crippen molar-refractivity contribution in [3.63, 3.8) is 0 Å².